The minimum atomic E-state index is -0.217. The zero-order chi connectivity index (χ0) is 19.0. The van der Waals surface area contributed by atoms with Gasteiger partial charge in [-0.15, -0.1) is 11.3 Å². The minimum absolute atomic E-state index is 0.190. The number of amides is 1. The average Bonchev–Trinajstić information content (AvgIpc) is 3.00. The molecule has 0 bridgehead atoms. The van der Waals surface area contributed by atoms with Crippen molar-refractivity contribution in [3.63, 3.8) is 0 Å². The lowest BCUT2D eigenvalue weighted by molar-refractivity contribution is 0.0957. The summed E-state index contributed by atoms with van der Waals surface area (Å²) in [7, 11) is 0. The predicted octanol–water partition coefficient (Wildman–Crippen LogP) is 2.24. The summed E-state index contributed by atoms with van der Waals surface area (Å²) in [6.45, 7) is 4.27. The molecule has 4 rings (SSSR count). The Morgan fingerprint density at radius 3 is 2.89 bits per heavy atom. The maximum atomic E-state index is 12.6. The van der Waals surface area contributed by atoms with Crippen LogP contribution in [0.3, 0.4) is 0 Å². The van der Waals surface area contributed by atoms with Gasteiger partial charge in [0.1, 0.15) is 10.7 Å². The van der Waals surface area contributed by atoms with E-state index in [-0.39, 0.29) is 11.5 Å². The number of hydrogen-bond donors (Lipinski definition) is 2. The summed E-state index contributed by atoms with van der Waals surface area (Å²) < 4.78 is 0. The fourth-order valence-corrected chi connectivity index (χ4v) is 4.69. The molecule has 1 amide bonds. The molecule has 0 radical (unpaired) electrons. The topological polar surface area (TPSA) is 101 Å². The van der Waals surface area contributed by atoms with Crippen molar-refractivity contribution in [3.8, 4) is 0 Å². The van der Waals surface area contributed by atoms with E-state index in [2.05, 4.69) is 20.3 Å². The van der Waals surface area contributed by atoms with Gasteiger partial charge in [0.05, 0.1) is 16.6 Å². The van der Waals surface area contributed by atoms with Gasteiger partial charge in [0, 0.05) is 24.4 Å². The van der Waals surface area contributed by atoms with Crippen molar-refractivity contribution in [2.45, 2.75) is 46.0 Å². The molecule has 0 aliphatic heterocycles. The molecular formula is C19H21N5O2S. The zero-order valence-electron chi connectivity index (χ0n) is 15.4. The van der Waals surface area contributed by atoms with Crippen molar-refractivity contribution in [1.82, 2.24) is 25.3 Å². The van der Waals surface area contributed by atoms with Crippen LogP contribution < -0.4 is 10.9 Å². The standard InChI is InChI=1S/C19H21N5O2S/c1-10-15-17(25)21-9-22-19(15)27-16(10)18(26)20-8-7-14-23-11(2)12-5-3-4-6-13(12)24-14/h9H,3-8H2,1-2H3,(H,20,26)(H,21,22,25). The Kier molecular flexibility index (Phi) is 4.73. The summed E-state index contributed by atoms with van der Waals surface area (Å²) in [4.78, 5) is 41.6. The molecule has 7 nitrogen and oxygen atoms in total. The van der Waals surface area contributed by atoms with Crippen LogP contribution in [0.4, 0.5) is 0 Å². The first kappa shape index (κ1) is 17.8. The van der Waals surface area contributed by atoms with Crippen molar-refractivity contribution in [2.75, 3.05) is 6.54 Å². The number of rotatable bonds is 4. The number of carbonyl (C=O) groups excluding carboxylic acids is 1. The largest absolute Gasteiger partial charge is 0.351 e. The molecule has 3 heterocycles. The Bertz CT molecular complexity index is 1090. The van der Waals surface area contributed by atoms with Crippen LogP contribution in [0.15, 0.2) is 11.1 Å². The monoisotopic (exact) mass is 383 g/mol. The molecule has 1 aliphatic rings. The summed E-state index contributed by atoms with van der Waals surface area (Å²) in [6, 6.07) is 0. The second-order valence-electron chi connectivity index (χ2n) is 6.83. The van der Waals surface area contributed by atoms with Crippen LogP contribution in [-0.4, -0.2) is 32.4 Å². The molecule has 27 heavy (non-hydrogen) atoms. The van der Waals surface area contributed by atoms with Crippen LogP contribution in [0.2, 0.25) is 0 Å². The van der Waals surface area contributed by atoms with Crippen LogP contribution in [-0.2, 0) is 19.3 Å². The van der Waals surface area contributed by atoms with Crippen LogP contribution in [0.5, 0.6) is 0 Å². The van der Waals surface area contributed by atoms with Gasteiger partial charge in [-0.25, -0.2) is 15.0 Å². The number of H-pyrrole nitrogens is 1. The third kappa shape index (κ3) is 3.37. The van der Waals surface area contributed by atoms with E-state index >= 15 is 0 Å². The first-order chi connectivity index (χ1) is 13.0. The van der Waals surface area contributed by atoms with E-state index in [1.807, 2.05) is 6.92 Å². The fourth-order valence-electron chi connectivity index (χ4n) is 3.62. The van der Waals surface area contributed by atoms with Gasteiger partial charge < -0.3 is 10.3 Å². The summed E-state index contributed by atoms with van der Waals surface area (Å²) in [5.74, 6) is 0.587. The summed E-state index contributed by atoms with van der Waals surface area (Å²) in [5.41, 5.74) is 3.98. The van der Waals surface area contributed by atoms with E-state index in [1.54, 1.807) is 6.92 Å². The van der Waals surface area contributed by atoms with E-state index < -0.39 is 0 Å². The quantitative estimate of drug-likeness (QED) is 0.720. The van der Waals surface area contributed by atoms with Gasteiger partial charge in [-0.3, -0.25) is 9.59 Å². The molecule has 140 valence electrons. The van der Waals surface area contributed by atoms with Crippen LogP contribution in [0.1, 0.15) is 50.9 Å². The number of hydrogen-bond acceptors (Lipinski definition) is 6. The molecule has 0 fully saturated rings. The van der Waals surface area contributed by atoms with Gasteiger partial charge >= 0.3 is 0 Å². The van der Waals surface area contributed by atoms with Crippen molar-refractivity contribution in [1.29, 1.82) is 0 Å². The molecule has 0 atom stereocenters. The van der Waals surface area contributed by atoms with Crippen molar-refractivity contribution in [3.05, 3.63) is 49.9 Å². The lowest BCUT2D eigenvalue weighted by Gasteiger charge is -2.17. The average molecular weight is 383 g/mol. The van der Waals surface area contributed by atoms with Crippen molar-refractivity contribution >= 4 is 27.5 Å². The third-order valence-electron chi connectivity index (χ3n) is 5.01. The van der Waals surface area contributed by atoms with E-state index in [0.29, 0.717) is 33.6 Å². The summed E-state index contributed by atoms with van der Waals surface area (Å²) >= 11 is 1.24. The molecule has 0 aromatic carbocycles. The molecule has 0 unspecified atom stereocenters. The van der Waals surface area contributed by atoms with Gasteiger partial charge in [-0.1, -0.05) is 0 Å². The molecule has 3 aromatic rings. The lowest BCUT2D eigenvalue weighted by Crippen LogP contribution is -2.26. The Hall–Kier alpha value is -2.61. The highest BCUT2D eigenvalue weighted by Crippen LogP contribution is 2.26. The predicted molar refractivity (Wildman–Crippen MR) is 104 cm³/mol. The smallest absolute Gasteiger partial charge is 0.261 e. The molecule has 0 saturated carbocycles. The van der Waals surface area contributed by atoms with Crippen LogP contribution in [0, 0.1) is 13.8 Å². The van der Waals surface area contributed by atoms with E-state index in [4.69, 9.17) is 4.98 Å². The Morgan fingerprint density at radius 2 is 2.07 bits per heavy atom. The second kappa shape index (κ2) is 7.19. The van der Waals surface area contributed by atoms with Gasteiger partial charge in [0.2, 0.25) is 0 Å². The first-order valence-electron chi connectivity index (χ1n) is 9.15. The Morgan fingerprint density at radius 1 is 1.26 bits per heavy atom. The maximum absolute atomic E-state index is 12.6. The first-order valence-corrected chi connectivity index (χ1v) is 9.96. The minimum Gasteiger partial charge on any atom is -0.351 e. The lowest BCUT2D eigenvalue weighted by atomic mass is 9.95. The van der Waals surface area contributed by atoms with Crippen LogP contribution in [0.25, 0.3) is 10.2 Å². The number of thiophene rings is 1. The fraction of sp³-hybridized carbons (Fsp3) is 0.421. The molecule has 8 heteroatoms. The van der Waals surface area contributed by atoms with Crippen LogP contribution >= 0.6 is 11.3 Å². The Balaban J connectivity index is 1.46. The van der Waals surface area contributed by atoms with Gasteiger partial charge in [0.15, 0.2) is 0 Å². The van der Waals surface area contributed by atoms with Gasteiger partial charge in [-0.2, -0.15) is 0 Å². The molecule has 2 N–H and O–H groups in total. The number of fused-ring (bicyclic) bond motifs is 2. The maximum Gasteiger partial charge on any atom is 0.261 e. The highest BCUT2D eigenvalue weighted by atomic mass is 32.1. The van der Waals surface area contributed by atoms with E-state index in [9.17, 15) is 9.59 Å². The van der Waals surface area contributed by atoms with Gasteiger partial charge in [-0.05, 0) is 50.7 Å². The third-order valence-corrected chi connectivity index (χ3v) is 6.21. The molecule has 1 aliphatic carbocycles. The highest BCUT2D eigenvalue weighted by molar-refractivity contribution is 7.20. The number of carbonyl (C=O) groups is 1. The normalized spacial score (nSPS) is 13.6. The number of aromatic nitrogens is 4. The van der Waals surface area contributed by atoms with Crippen molar-refractivity contribution in [2.24, 2.45) is 0 Å². The Labute approximate surface area is 160 Å². The molecular weight excluding hydrogens is 362 g/mol. The summed E-state index contributed by atoms with van der Waals surface area (Å²) in [5, 5.41) is 3.41. The number of nitrogens with zero attached hydrogens (tertiary/aromatic N) is 3. The molecule has 3 aromatic heterocycles. The van der Waals surface area contributed by atoms with Crippen molar-refractivity contribution < 1.29 is 4.79 Å². The second-order valence-corrected chi connectivity index (χ2v) is 7.83. The number of aromatic amines is 1. The van der Waals surface area contributed by atoms with E-state index in [0.717, 1.165) is 24.4 Å². The molecule has 0 saturated heterocycles. The van der Waals surface area contributed by atoms with E-state index in [1.165, 1.54) is 41.8 Å². The SMILES string of the molecule is Cc1nc(CCNC(=O)c2sc3nc[nH]c(=O)c3c2C)nc2c1CCCC2. The number of nitrogens with one attached hydrogen (secondary N) is 2. The highest BCUT2D eigenvalue weighted by Gasteiger charge is 2.19. The zero-order valence-corrected chi connectivity index (χ0v) is 16.2. The number of aryl methyl sites for hydroxylation is 3. The summed E-state index contributed by atoms with van der Waals surface area (Å²) in [6.07, 6.45) is 6.41. The molecule has 0 spiro atoms. The van der Waals surface area contributed by atoms with Gasteiger partial charge in [0.25, 0.3) is 11.5 Å².